The van der Waals surface area contributed by atoms with Gasteiger partial charge in [-0.2, -0.15) is 0 Å². The first kappa shape index (κ1) is 18.4. The molecule has 5 nitrogen and oxygen atoms in total. The molecule has 0 saturated carbocycles. The van der Waals surface area contributed by atoms with Gasteiger partial charge in [0.05, 0.1) is 18.1 Å². The van der Waals surface area contributed by atoms with Gasteiger partial charge >= 0.3 is 0 Å². The van der Waals surface area contributed by atoms with E-state index >= 15 is 0 Å². The zero-order chi connectivity index (χ0) is 16.7. The Bertz CT molecular complexity index is 566. The molecule has 23 heavy (non-hydrogen) atoms. The van der Waals surface area contributed by atoms with E-state index < -0.39 is 10.0 Å². The Balaban J connectivity index is 1.81. The van der Waals surface area contributed by atoms with Gasteiger partial charge in [-0.1, -0.05) is 26.0 Å². The molecule has 1 saturated heterocycles. The normalized spacial score (nSPS) is 18.0. The highest BCUT2D eigenvalue weighted by Gasteiger charge is 2.15. The van der Waals surface area contributed by atoms with E-state index in [1.807, 2.05) is 12.1 Å². The number of benzene rings is 1. The molecule has 1 N–H and O–H groups in total. The van der Waals surface area contributed by atoms with Crippen molar-refractivity contribution >= 4 is 10.0 Å². The van der Waals surface area contributed by atoms with E-state index in [0.717, 1.165) is 45.7 Å². The molecule has 0 spiro atoms. The van der Waals surface area contributed by atoms with Gasteiger partial charge in [-0.15, -0.1) is 0 Å². The number of sulfonamides is 1. The van der Waals surface area contributed by atoms with Crippen molar-refractivity contribution in [2.75, 3.05) is 39.4 Å². The largest absolute Gasteiger partial charge is 0.379 e. The number of nitrogens with one attached hydrogen (secondary N) is 1. The van der Waals surface area contributed by atoms with Crippen LogP contribution < -0.4 is 4.72 Å². The van der Waals surface area contributed by atoms with Crippen molar-refractivity contribution in [3.63, 3.8) is 0 Å². The van der Waals surface area contributed by atoms with E-state index in [1.54, 1.807) is 12.1 Å². The van der Waals surface area contributed by atoms with Gasteiger partial charge < -0.3 is 4.74 Å². The van der Waals surface area contributed by atoms with Gasteiger partial charge in [-0.3, -0.25) is 4.90 Å². The molecule has 1 aromatic rings. The molecule has 1 aliphatic rings. The van der Waals surface area contributed by atoms with Crippen molar-refractivity contribution in [2.45, 2.75) is 37.5 Å². The fourth-order valence-corrected chi connectivity index (χ4v) is 3.70. The molecule has 1 unspecified atom stereocenters. The van der Waals surface area contributed by atoms with E-state index in [0.29, 0.717) is 17.4 Å². The van der Waals surface area contributed by atoms with Crippen LogP contribution in [-0.2, 0) is 14.8 Å². The Morgan fingerprint density at radius 2 is 1.87 bits per heavy atom. The lowest BCUT2D eigenvalue weighted by molar-refractivity contribution is 0.0376. The van der Waals surface area contributed by atoms with Crippen molar-refractivity contribution in [3.05, 3.63) is 29.8 Å². The van der Waals surface area contributed by atoms with Crippen LogP contribution in [0.4, 0.5) is 0 Å². The third-order valence-corrected chi connectivity index (χ3v) is 5.90. The Hall–Kier alpha value is -0.950. The summed E-state index contributed by atoms with van der Waals surface area (Å²) < 4.78 is 32.6. The Kier molecular flexibility index (Phi) is 7.02. The summed E-state index contributed by atoms with van der Waals surface area (Å²) in [7, 11) is -3.41. The minimum absolute atomic E-state index is 0.343. The van der Waals surface area contributed by atoms with Crippen LogP contribution in [0.25, 0.3) is 0 Å². The minimum atomic E-state index is -3.41. The van der Waals surface area contributed by atoms with Gasteiger partial charge in [0.15, 0.2) is 0 Å². The molecule has 0 radical (unpaired) electrons. The van der Waals surface area contributed by atoms with Gasteiger partial charge in [-0.05, 0) is 43.0 Å². The van der Waals surface area contributed by atoms with E-state index in [4.69, 9.17) is 4.74 Å². The molecule has 1 atom stereocenters. The molecule has 6 heteroatoms. The number of rotatable bonds is 8. The monoisotopic (exact) mass is 340 g/mol. The zero-order valence-corrected chi connectivity index (χ0v) is 14.9. The predicted octanol–water partition coefficient (Wildman–Crippen LogP) is 2.20. The fourth-order valence-electron chi connectivity index (χ4n) is 2.63. The van der Waals surface area contributed by atoms with Crippen LogP contribution in [0.15, 0.2) is 29.2 Å². The first-order valence-electron chi connectivity index (χ1n) is 8.42. The highest BCUT2D eigenvalue weighted by molar-refractivity contribution is 7.89. The molecule has 1 fully saturated rings. The molecule has 0 aromatic heterocycles. The van der Waals surface area contributed by atoms with Crippen LogP contribution in [0, 0.1) is 0 Å². The summed E-state index contributed by atoms with van der Waals surface area (Å²) in [5, 5.41) is 0. The molecule has 0 aliphatic carbocycles. The van der Waals surface area contributed by atoms with Crippen LogP contribution in [-0.4, -0.2) is 52.7 Å². The fraction of sp³-hybridized carbons (Fsp3) is 0.647. The lowest BCUT2D eigenvalue weighted by Crippen LogP contribution is -2.38. The van der Waals surface area contributed by atoms with Crippen LogP contribution in [0.3, 0.4) is 0 Å². The molecule has 0 amide bonds. The Morgan fingerprint density at radius 3 is 2.48 bits per heavy atom. The third kappa shape index (κ3) is 5.57. The number of hydrogen-bond donors (Lipinski definition) is 1. The predicted molar refractivity (Wildman–Crippen MR) is 92.2 cm³/mol. The minimum Gasteiger partial charge on any atom is -0.379 e. The molecule has 1 aromatic carbocycles. The summed E-state index contributed by atoms with van der Waals surface area (Å²) in [6, 6.07) is 7.23. The summed E-state index contributed by atoms with van der Waals surface area (Å²) in [4.78, 5) is 2.65. The second kappa shape index (κ2) is 8.78. The molecular formula is C17H28N2O3S. The van der Waals surface area contributed by atoms with Gasteiger partial charge in [0.25, 0.3) is 0 Å². The van der Waals surface area contributed by atoms with E-state index in [-0.39, 0.29) is 0 Å². The first-order valence-corrected chi connectivity index (χ1v) is 9.91. The summed E-state index contributed by atoms with van der Waals surface area (Å²) in [6.07, 6.45) is 1.86. The SMILES string of the molecule is CCC(C)c1ccc(S(=O)(=O)NCCCN2CCOCC2)cc1. The summed E-state index contributed by atoms with van der Waals surface area (Å²) in [5.41, 5.74) is 1.18. The molecule has 2 rings (SSSR count). The lowest BCUT2D eigenvalue weighted by Gasteiger charge is -2.26. The topological polar surface area (TPSA) is 58.6 Å². The molecule has 0 bridgehead atoms. The molecule has 130 valence electrons. The number of nitrogens with zero attached hydrogens (tertiary/aromatic N) is 1. The van der Waals surface area contributed by atoms with Crippen molar-refractivity contribution in [2.24, 2.45) is 0 Å². The summed E-state index contributed by atoms with van der Waals surface area (Å²) in [5.74, 6) is 0.452. The van der Waals surface area contributed by atoms with Crippen LogP contribution in [0.2, 0.25) is 0 Å². The second-order valence-electron chi connectivity index (χ2n) is 6.08. The van der Waals surface area contributed by atoms with Gasteiger partial charge in [-0.25, -0.2) is 13.1 Å². The van der Waals surface area contributed by atoms with Gasteiger partial charge in [0.2, 0.25) is 10.0 Å². The van der Waals surface area contributed by atoms with E-state index in [1.165, 1.54) is 5.56 Å². The van der Waals surface area contributed by atoms with E-state index in [2.05, 4.69) is 23.5 Å². The molecule has 1 aliphatic heterocycles. The maximum absolute atomic E-state index is 12.3. The first-order chi connectivity index (χ1) is 11.0. The lowest BCUT2D eigenvalue weighted by atomic mass is 9.99. The number of hydrogen-bond acceptors (Lipinski definition) is 4. The molecule has 1 heterocycles. The standard InChI is InChI=1S/C17H28N2O3S/c1-3-15(2)16-5-7-17(8-6-16)23(20,21)18-9-4-10-19-11-13-22-14-12-19/h5-8,15,18H,3-4,9-14H2,1-2H3. The number of ether oxygens (including phenoxy) is 1. The maximum atomic E-state index is 12.3. The maximum Gasteiger partial charge on any atom is 0.240 e. The third-order valence-electron chi connectivity index (χ3n) is 4.42. The van der Waals surface area contributed by atoms with Crippen molar-refractivity contribution in [1.82, 2.24) is 9.62 Å². The molecular weight excluding hydrogens is 312 g/mol. The van der Waals surface area contributed by atoms with Crippen molar-refractivity contribution < 1.29 is 13.2 Å². The summed E-state index contributed by atoms with van der Waals surface area (Å²) >= 11 is 0. The van der Waals surface area contributed by atoms with E-state index in [9.17, 15) is 8.42 Å². The zero-order valence-electron chi connectivity index (χ0n) is 14.1. The summed E-state index contributed by atoms with van der Waals surface area (Å²) in [6.45, 7) is 9.06. The Morgan fingerprint density at radius 1 is 1.22 bits per heavy atom. The van der Waals surface area contributed by atoms with Crippen LogP contribution >= 0.6 is 0 Å². The highest BCUT2D eigenvalue weighted by atomic mass is 32.2. The van der Waals surface area contributed by atoms with Gasteiger partial charge in [0, 0.05) is 19.6 Å². The average Bonchev–Trinajstić information content (AvgIpc) is 2.59. The van der Waals surface area contributed by atoms with Crippen LogP contribution in [0.1, 0.15) is 38.2 Å². The smallest absolute Gasteiger partial charge is 0.240 e. The van der Waals surface area contributed by atoms with Crippen molar-refractivity contribution in [3.8, 4) is 0 Å². The quantitative estimate of drug-likeness (QED) is 0.737. The average molecular weight is 340 g/mol. The number of morpholine rings is 1. The van der Waals surface area contributed by atoms with Gasteiger partial charge in [0.1, 0.15) is 0 Å². The highest BCUT2D eigenvalue weighted by Crippen LogP contribution is 2.20. The van der Waals surface area contributed by atoms with Crippen LogP contribution in [0.5, 0.6) is 0 Å². The second-order valence-corrected chi connectivity index (χ2v) is 7.85. The van der Waals surface area contributed by atoms with Crippen molar-refractivity contribution in [1.29, 1.82) is 0 Å². The Labute approximate surface area is 140 Å².